The van der Waals surface area contributed by atoms with Crippen LogP contribution in [0, 0.1) is 40.4 Å². The smallest absolute Gasteiger partial charge is 0.338 e. The highest BCUT2D eigenvalue weighted by atomic mass is 16.5. The van der Waals surface area contributed by atoms with Crippen molar-refractivity contribution in [2.24, 2.45) is 40.4 Å². The van der Waals surface area contributed by atoms with Gasteiger partial charge in [-0.25, -0.2) is 4.79 Å². The number of aliphatic hydroxyl groups excluding tert-OH is 1. The Morgan fingerprint density at radius 1 is 0.921 bits per heavy atom. The highest BCUT2D eigenvalue weighted by Crippen LogP contribution is 2.67. The van der Waals surface area contributed by atoms with Gasteiger partial charge in [0.2, 0.25) is 0 Å². The second-order valence-corrected chi connectivity index (χ2v) is 13.3. The van der Waals surface area contributed by atoms with E-state index in [2.05, 4.69) is 39.0 Å². The summed E-state index contributed by atoms with van der Waals surface area (Å²) in [7, 11) is 0. The lowest BCUT2D eigenvalue weighted by Crippen LogP contribution is -2.51. The Labute approximate surface area is 228 Å². The number of allylic oxidation sites excluding steroid dienone is 1. The van der Waals surface area contributed by atoms with E-state index in [4.69, 9.17) is 4.74 Å². The first-order valence-electron chi connectivity index (χ1n) is 15.0. The summed E-state index contributed by atoms with van der Waals surface area (Å²) in [5.74, 6) is 2.83. The van der Waals surface area contributed by atoms with Gasteiger partial charge in [-0.05, 0) is 103 Å². The van der Waals surface area contributed by atoms with Gasteiger partial charge in [0.05, 0.1) is 11.7 Å². The van der Waals surface area contributed by atoms with Gasteiger partial charge in [-0.2, -0.15) is 0 Å². The molecule has 2 aromatic rings. The molecule has 3 heteroatoms. The largest absolute Gasteiger partial charge is 0.458 e. The number of fused-ring (bicyclic) bond motifs is 5. The molecule has 1 N–H and O–H groups in total. The number of carbonyl (C=O) groups is 1. The molecule has 4 aliphatic rings. The molecule has 3 nitrogen and oxygen atoms in total. The maximum atomic E-state index is 12.7. The number of carbonyl (C=O) groups excluding carboxylic acids is 1. The van der Waals surface area contributed by atoms with Crippen LogP contribution >= 0.6 is 0 Å². The van der Waals surface area contributed by atoms with Crippen LogP contribution in [0.4, 0.5) is 0 Å². The minimum absolute atomic E-state index is 0.0105. The van der Waals surface area contributed by atoms with Gasteiger partial charge in [0.25, 0.3) is 0 Å². The summed E-state index contributed by atoms with van der Waals surface area (Å²) in [5.41, 5.74) is 3.78. The van der Waals surface area contributed by atoms with E-state index in [1.165, 1.54) is 25.7 Å². The summed E-state index contributed by atoms with van der Waals surface area (Å²) >= 11 is 0. The fraction of sp³-hybridized carbons (Fsp3) is 0.571. The quantitative estimate of drug-likeness (QED) is 0.325. The first kappa shape index (κ1) is 25.9. The van der Waals surface area contributed by atoms with Gasteiger partial charge in [-0.1, -0.05) is 81.0 Å². The molecule has 0 saturated heterocycles. The van der Waals surface area contributed by atoms with E-state index in [9.17, 15) is 9.90 Å². The number of rotatable bonds is 5. The van der Waals surface area contributed by atoms with Crippen LogP contribution < -0.4 is 0 Å². The van der Waals surface area contributed by atoms with Gasteiger partial charge < -0.3 is 9.84 Å². The first-order valence-corrected chi connectivity index (χ1v) is 15.0. The molecule has 0 amide bonds. The Balaban J connectivity index is 1.17. The highest BCUT2D eigenvalue weighted by molar-refractivity contribution is 5.89. The molecule has 0 aromatic heterocycles. The van der Waals surface area contributed by atoms with E-state index in [1.54, 1.807) is 5.57 Å². The van der Waals surface area contributed by atoms with Gasteiger partial charge in [-0.3, -0.25) is 0 Å². The minimum atomic E-state index is -0.390. The first-order chi connectivity index (χ1) is 18.3. The molecule has 6 rings (SSSR count). The number of benzene rings is 2. The van der Waals surface area contributed by atoms with E-state index < -0.39 is 6.10 Å². The molecule has 2 aromatic carbocycles. The standard InChI is InChI=1S/C35H44O3/c1-23(32(36)24-10-6-4-7-11-24)29-16-17-30-28-15-14-26-22-27(38-33(37)25-12-8-5-9-13-25)18-20-34(26,2)31(28)19-21-35(29,30)3/h4-14,23,27-32,36H,15-22H2,1-3H3/t23-,27-,28-,29-,30-,31-,32-,34+,35+/m0/s1. The lowest BCUT2D eigenvalue weighted by atomic mass is 9.47. The molecule has 3 fully saturated rings. The third-order valence-corrected chi connectivity index (χ3v) is 11.7. The molecule has 202 valence electrons. The van der Waals surface area contributed by atoms with Crippen LogP contribution in [0.2, 0.25) is 0 Å². The van der Waals surface area contributed by atoms with Crippen molar-refractivity contribution in [3.8, 4) is 0 Å². The zero-order chi connectivity index (χ0) is 26.5. The summed E-state index contributed by atoms with van der Waals surface area (Å²) in [6, 6.07) is 19.7. The Hall–Kier alpha value is -2.39. The minimum Gasteiger partial charge on any atom is -0.458 e. The number of aliphatic hydroxyl groups is 1. The van der Waals surface area contributed by atoms with Crippen LogP contribution in [-0.4, -0.2) is 17.2 Å². The molecule has 0 bridgehead atoms. The van der Waals surface area contributed by atoms with Gasteiger partial charge in [0, 0.05) is 6.42 Å². The van der Waals surface area contributed by atoms with Gasteiger partial charge in [0.15, 0.2) is 0 Å². The Morgan fingerprint density at radius 3 is 2.37 bits per heavy atom. The molecule has 0 heterocycles. The second-order valence-electron chi connectivity index (χ2n) is 13.3. The Morgan fingerprint density at radius 2 is 1.63 bits per heavy atom. The van der Waals surface area contributed by atoms with Crippen molar-refractivity contribution >= 4 is 5.97 Å². The van der Waals surface area contributed by atoms with Crippen molar-refractivity contribution in [1.29, 1.82) is 0 Å². The number of hydrogen-bond donors (Lipinski definition) is 1. The number of esters is 1. The molecule has 0 unspecified atom stereocenters. The van der Waals surface area contributed by atoms with Gasteiger partial charge in [0.1, 0.15) is 6.10 Å². The zero-order valence-electron chi connectivity index (χ0n) is 23.3. The van der Waals surface area contributed by atoms with Crippen LogP contribution in [0.15, 0.2) is 72.3 Å². The van der Waals surface area contributed by atoms with E-state index >= 15 is 0 Å². The van der Waals surface area contributed by atoms with Crippen LogP contribution in [-0.2, 0) is 4.74 Å². The highest BCUT2D eigenvalue weighted by Gasteiger charge is 2.59. The lowest BCUT2D eigenvalue weighted by Gasteiger charge is -2.58. The number of ether oxygens (including phenoxy) is 1. The van der Waals surface area contributed by atoms with E-state index in [0.717, 1.165) is 49.0 Å². The summed E-state index contributed by atoms with van der Waals surface area (Å²) in [6.45, 7) is 7.36. The van der Waals surface area contributed by atoms with Crippen molar-refractivity contribution in [3.63, 3.8) is 0 Å². The molecule has 4 aliphatic carbocycles. The fourth-order valence-electron chi connectivity index (χ4n) is 9.60. The van der Waals surface area contributed by atoms with E-state index in [-0.39, 0.29) is 23.4 Å². The fourth-order valence-corrected chi connectivity index (χ4v) is 9.60. The monoisotopic (exact) mass is 512 g/mol. The third-order valence-electron chi connectivity index (χ3n) is 11.7. The average molecular weight is 513 g/mol. The molecule has 0 spiro atoms. The van der Waals surface area contributed by atoms with E-state index in [1.807, 2.05) is 48.5 Å². The average Bonchev–Trinajstić information content (AvgIpc) is 3.30. The topological polar surface area (TPSA) is 46.5 Å². The van der Waals surface area contributed by atoms with Gasteiger partial charge >= 0.3 is 5.97 Å². The van der Waals surface area contributed by atoms with Crippen LogP contribution in [0.3, 0.4) is 0 Å². The predicted octanol–water partition coefficient (Wildman–Crippen LogP) is 8.16. The maximum Gasteiger partial charge on any atom is 0.338 e. The Kier molecular flexibility index (Phi) is 6.79. The molecule has 0 aliphatic heterocycles. The summed E-state index contributed by atoms with van der Waals surface area (Å²) < 4.78 is 5.99. The zero-order valence-corrected chi connectivity index (χ0v) is 23.3. The van der Waals surface area contributed by atoms with Crippen molar-refractivity contribution in [3.05, 3.63) is 83.4 Å². The molecular weight excluding hydrogens is 468 g/mol. The summed E-state index contributed by atoms with van der Waals surface area (Å²) in [6.07, 6.45) is 11.4. The molecular formula is C35H44O3. The van der Waals surface area contributed by atoms with E-state index in [0.29, 0.717) is 16.9 Å². The van der Waals surface area contributed by atoms with Crippen LogP contribution in [0.5, 0.6) is 0 Å². The third kappa shape index (κ3) is 4.26. The van der Waals surface area contributed by atoms with Crippen LogP contribution in [0.1, 0.15) is 94.2 Å². The van der Waals surface area contributed by atoms with Gasteiger partial charge in [-0.15, -0.1) is 0 Å². The SMILES string of the molecule is C[C@H]([C@H](O)c1ccccc1)[C@@H]1CC[C@H]2[C@@H]3CC=C4C[C@@H](OC(=O)c5ccccc5)CC[C@@]4(C)[C@H]3CC[C@]12C. The summed E-state index contributed by atoms with van der Waals surface area (Å²) in [4.78, 5) is 12.7. The Bertz CT molecular complexity index is 1170. The molecule has 3 saturated carbocycles. The molecule has 0 radical (unpaired) electrons. The normalized spacial score (nSPS) is 37.7. The molecule has 9 atom stereocenters. The van der Waals surface area contributed by atoms with Crippen molar-refractivity contribution in [1.82, 2.24) is 0 Å². The second kappa shape index (κ2) is 9.97. The lowest BCUT2D eigenvalue weighted by molar-refractivity contribution is -0.0690. The van der Waals surface area contributed by atoms with Crippen molar-refractivity contribution in [2.45, 2.75) is 84.3 Å². The van der Waals surface area contributed by atoms with Crippen molar-refractivity contribution < 1.29 is 14.6 Å². The molecule has 38 heavy (non-hydrogen) atoms. The summed E-state index contributed by atoms with van der Waals surface area (Å²) in [5, 5.41) is 11.3. The number of hydrogen-bond acceptors (Lipinski definition) is 3. The maximum absolute atomic E-state index is 12.7. The van der Waals surface area contributed by atoms with Crippen LogP contribution in [0.25, 0.3) is 0 Å². The van der Waals surface area contributed by atoms with Crippen molar-refractivity contribution in [2.75, 3.05) is 0 Å². The predicted molar refractivity (Wildman–Crippen MR) is 151 cm³/mol.